The van der Waals surface area contributed by atoms with Crippen LogP contribution in [-0.2, 0) is 14.3 Å². The van der Waals surface area contributed by atoms with Crippen LogP contribution in [0.1, 0.15) is 136 Å². The summed E-state index contributed by atoms with van der Waals surface area (Å²) in [7, 11) is 0. The summed E-state index contributed by atoms with van der Waals surface area (Å²) >= 11 is 4.93. The van der Waals surface area contributed by atoms with Crippen molar-refractivity contribution >= 4 is 39.8 Å². The maximum atomic E-state index is 12.2. The van der Waals surface area contributed by atoms with Crippen molar-refractivity contribution < 1.29 is 19.1 Å². The Morgan fingerprint density at radius 3 is 1.81 bits per heavy atom. The number of esters is 1. The van der Waals surface area contributed by atoms with Gasteiger partial charge >= 0.3 is 12.1 Å². The van der Waals surface area contributed by atoms with Crippen molar-refractivity contribution in [3.8, 4) is 0 Å². The van der Waals surface area contributed by atoms with Gasteiger partial charge in [0.05, 0.1) is 5.92 Å². The van der Waals surface area contributed by atoms with Gasteiger partial charge in [-0.3, -0.25) is 4.79 Å². The van der Waals surface area contributed by atoms with Crippen molar-refractivity contribution in [2.75, 3.05) is 17.6 Å². The van der Waals surface area contributed by atoms with Gasteiger partial charge in [-0.1, -0.05) is 133 Å². The molecular formula is C29H54BrNO4S. The second-order valence-electron chi connectivity index (χ2n) is 10.4. The number of nitrogens with one attached hydrogen (secondary N) is 1. The summed E-state index contributed by atoms with van der Waals surface area (Å²) in [6.45, 7) is 4.83. The highest BCUT2D eigenvalue weighted by Crippen LogP contribution is 2.33. The lowest BCUT2D eigenvalue weighted by molar-refractivity contribution is -0.156. The van der Waals surface area contributed by atoms with Gasteiger partial charge in [-0.05, 0) is 19.3 Å². The second kappa shape index (κ2) is 23.7. The van der Waals surface area contributed by atoms with Gasteiger partial charge in [0.25, 0.3) is 0 Å². The summed E-state index contributed by atoms with van der Waals surface area (Å²) in [5.41, 5.74) is -0.380. The van der Waals surface area contributed by atoms with E-state index in [2.05, 4.69) is 28.2 Å². The Hall–Kier alpha value is -0.430. The highest BCUT2D eigenvalue weighted by molar-refractivity contribution is 9.09. The van der Waals surface area contributed by atoms with E-state index in [1.165, 1.54) is 102 Å². The number of halogens is 1. The Balaban J connectivity index is 1.88. The summed E-state index contributed by atoms with van der Waals surface area (Å²) in [6, 6.07) is 0. The number of alkyl carbamates (subject to hydrolysis) is 1. The van der Waals surface area contributed by atoms with Gasteiger partial charge in [-0.15, -0.1) is 11.8 Å². The molecule has 1 aliphatic heterocycles. The third kappa shape index (κ3) is 17.9. The van der Waals surface area contributed by atoms with Gasteiger partial charge in [0.2, 0.25) is 0 Å². The average molecular weight is 593 g/mol. The van der Waals surface area contributed by atoms with Crippen molar-refractivity contribution in [1.29, 1.82) is 0 Å². The van der Waals surface area contributed by atoms with E-state index in [4.69, 9.17) is 9.47 Å². The number of thioether (sulfide) groups is 1. The number of ether oxygens (including phenoxy) is 2. The number of amides is 1. The van der Waals surface area contributed by atoms with Crippen molar-refractivity contribution in [3.63, 3.8) is 0 Å². The largest absolute Gasteiger partial charge is 0.456 e. The van der Waals surface area contributed by atoms with Crippen molar-refractivity contribution in [2.45, 2.75) is 147 Å². The number of unbranched alkanes of at least 4 members (excludes halogenated alkanes) is 16. The molecule has 1 saturated heterocycles. The van der Waals surface area contributed by atoms with Crippen LogP contribution in [-0.4, -0.2) is 41.2 Å². The fourth-order valence-corrected chi connectivity index (χ4v) is 5.57. The van der Waals surface area contributed by atoms with Crippen LogP contribution in [0, 0.1) is 5.92 Å². The quantitative estimate of drug-likeness (QED) is 0.0688. The zero-order valence-electron chi connectivity index (χ0n) is 23.2. The molecule has 1 aliphatic rings. The molecule has 1 fully saturated rings. The Labute approximate surface area is 234 Å². The molecule has 0 aromatic carbocycles. The maximum Gasteiger partial charge on any atom is 0.408 e. The van der Waals surface area contributed by atoms with Gasteiger partial charge in [-0.25, -0.2) is 4.79 Å². The molecule has 0 spiro atoms. The molecule has 0 aromatic heterocycles. The van der Waals surface area contributed by atoms with Crippen LogP contribution in [0.3, 0.4) is 0 Å². The molecule has 0 aromatic rings. The molecule has 5 nitrogen and oxygen atoms in total. The number of rotatable bonds is 24. The van der Waals surface area contributed by atoms with Gasteiger partial charge in [0, 0.05) is 17.6 Å². The summed E-state index contributed by atoms with van der Waals surface area (Å²) in [4.78, 5) is 24.3. The molecule has 0 saturated carbocycles. The normalized spacial score (nSPS) is 17.9. The molecule has 1 heterocycles. The van der Waals surface area contributed by atoms with Crippen LogP contribution in [0.15, 0.2) is 0 Å². The van der Waals surface area contributed by atoms with Crippen molar-refractivity contribution in [1.82, 2.24) is 5.32 Å². The fraction of sp³-hybridized carbons (Fsp3) is 0.931. The van der Waals surface area contributed by atoms with Crippen LogP contribution >= 0.6 is 27.7 Å². The molecule has 3 atom stereocenters. The average Bonchev–Trinajstić information content (AvgIpc) is 2.86. The minimum Gasteiger partial charge on any atom is -0.456 e. The number of carbonyl (C=O) groups excluding carboxylic acids is 2. The van der Waals surface area contributed by atoms with Crippen LogP contribution in [0.2, 0.25) is 0 Å². The molecule has 1 amide bonds. The van der Waals surface area contributed by atoms with E-state index in [9.17, 15) is 9.59 Å². The van der Waals surface area contributed by atoms with Crippen LogP contribution in [0.25, 0.3) is 0 Å². The minimum absolute atomic E-state index is 0.112. The zero-order chi connectivity index (χ0) is 26.3. The van der Waals surface area contributed by atoms with E-state index in [0.717, 1.165) is 37.4 Å². The number of carbonyl (C=O) groups is 2. The Bertz CT molecular complexity index is 551. The highest BCUT2D eigenvalue weighted by Gasteiger charge is 2.39. The molecule has 212 valence electrons. The predicted octanol–water partition coefficient (Wildman–Crippen LogP) is 9.16. The number of alkyl halides is 1. The van der Waals surface area contributed by atoms with Crippen LogP contribution < -0.4 is 5.32 Å². The summed E-state index contributed by atoms with van der Waals surface area (Å²) in [5.74, 6) is 0.396. The second-order valence-corrected chi connectivity index (χ2v) is 12.3. The topological polar surface area (TPSA) is 64.6 Å². The third-order valence-corrected chi connectivity index (χ3v) is 8.75. The first-order valence-electron chi connectivity index (χ1n) is 14.9. The van der Waals surface area contributed by atoms with Crippen molar-refractivity contribution in [3.05, 3.63) is 0 Å². The SMILES string of the molecule is CCCCCCCCCCCCCCCCCCNC(=O)OC1SCC1OC(=O)C(C)CCCCBr. The molecule has 36 heavy (non-hydrogen) atoms. The standard InChI is InChI=1S/C29H54BrNO4S/c1-3-4-5-6-7-8-9-10-11-12-13-14-15-16-17-20-23-31-29(33)35-28-26(24-36-28)34-27(32)25(2)21-18-19-22-30/h25-26,28H,3-24H2,1-2H3,(H,31,33). The smallest absolute Gasteiger partial charge is 0.408 e. The first-order chi connectivity index (χ1) is 17.6. The van der Waals surface area contributed by atoms with Crippen LogP contribution in [0.5, 0.6) is 0 Å². The van der Waals surface area contributed by atoms with Gasteiger partial charge in [-0.2, -0.15) is 0 Å². The number of hydrogen-bond acceptors (Lipinski definition) is 5. The van der Waals surface area contributed by atoms with Crippen molar-refractivity contribution in [2.24, 2.45) is 5.92 Å². The molecule has 1 rings (SSSR count). The van der Waals surface area contributed by atoms with Gasteiger partial charge < -0.3 is 14.8 Å². The Morgan fingerprint density at radius 1 is 0.806 bits per heavy atom. The van der Waals surface area contributed by atoms with E-state index >= 15 is 0 Å². The molecule has 0 bridgehead atoms. The molecule has 1 N–H and O–H groups in total. The molecular weight excluding hydrogens is 538 g/mol. The summed E-state index contributed by atoms with van der Waals surface area (Å²) < 4.78 is 11.0. The summed E-state index contributed by atoms with van der Waals surface area (Å²) in [6.07, 6.45) is 23.6. The monoisotopic (exact) mass is 591 g/mol. The van der Waals surface area contributed by atoms with E-state index in [0.29, 0.717) is 12.3 Å². The molecule has 3 unspecified atom stereocenters. The van der Waals surface area contributed by atoms with E-state index in [-0.39, 0.29) is 23.4 Å². The molecule has 0 radical (unpaired) electrons. The Kier molecular flexibility index (Phi) is 22.1. The minimum atomic E-state index is -0.403. The Morgan fingerprint density at radius 2 is 1.33 bits per heavy atom. The van der Waals surface area contributed by atoms with Gasteiger partial charge in [0.1, 0.15) is 0 Å². The first kappa shape index (κ1) is 33.6. The highest BCUT2D eigenvalue weighted by atomic mass is 79.9. The molecule has 0 aliphatic carbocycles. The fourth-order valence-electron chi connectivity index (χ4n) is 4.39. The van der Waals surface area contributed by atoms with E-state index < -0.39 is 6.09 Å². The first-order valence-corrected chi connectivity index (χ1v) is 17.1. The van der Waals surface area contributed by atoms with E-state index in [1.54, 1.807) is 0 Å². The predicted molar refractivity (Wildman–Crippen MR) is 157 cm³/mol. The molecule has 7 heteroatoms. The number of hydrogen-bond donors (Lipinski definition) is 1. The third-order valence-electron chi connectivity index (χ3n) is 6.94. The maximum absolute atomic E-state index is 12.2. The van der Waals surface area contributed by atoms with E-state index in [1.807, 2.05) is 6.92 Å². The lowest BCUT2D eigenvalue weighted by atomic mass is 10.0. The zero-order valence-corrected chi connectivity index (χ0v) is 25.6. The van der Waals surface area contributed by atoms with Crippen LogP contribution in [0.4, 0.5) is 4.79 Å². The lowest BCUT2D eigenvalue weighted by Gasteiger charge is -2.34. The summed E-state index contributed by atoms with van der Waals surface area (Å²) in [5, 5.41) is 3.80. The lowest BCUT2D eigenvalue weighted by Crippen LogP contribution is -2.45. The van der Waals surface area contributed by atoms with Gasteiger partial charge in [0.15, 0.2) is 11.5 Å².